The largest absolute Gasteiger partial charge is 0.469 e. The lowest BCUT2D eigenvalue weighted by Crippen LogP contribution is -2.34. The van der Waals surface area contributed by atoms with Gasteiger partial charge in [-0.3, -0.25) is 14.5 Å². The Balaban J connectivity index is 1.76. The lowest BCUT2D eigenvalue weighted by molar-refractivity contribution is -0.143. The summed E-state index contributed by atoms with van der Waals surface area (Å²) in [6, 6.07) is 16.3. The fourth-order valence-corrected chi connectivity index (χ4v) is 3.09. The summed E-state index contributed by atoms with van der Waals surface area (Å²) in [6.07, 6.45) is 2.54. The van der Waals surface area contributed by atoms with Crippen molar-refractivity contribution in [1.82, 2.24) is 4.90 Å². The molecule has 0 fully saturated rings. The molecule has 0 saturated heterocycles. The molecule has 6 nitrogen and oxygen atoms in total. The molecule has 2 aromatic carbocycles. The third kappa shape index (κ3) is 4.65. The van der Waals surface area contributed by atoms with Gasteiger partial charge in [0.25, 0.3) is 0 Å². The number of esters is 1. The summed E-state index contributed by atoms with van der Waals surface area (Å²) in [7, 11) is 1.24. The minimum atomic E-state index is -0.595. The summed E-state index contributed by atoms with van der Waals surface area (Å²) in [5.74, 6) is -0.898. The predicted octanol–water partition coefficient (Wildman–Crippen LogP) is 3.87. The van der Waals surface area contributed by atoms with Crippen LogP contribution in [0.2, 0.25) is 0 Å². The Kier molecular flexibility index (Phi) is 6.22. The van der Waals surface area contributed by atoms with Crippen molar-refractivity contribution < 1.29 is 23.9 Å². The van der Waals surface area contributed by atoms with Crippen LogP contribution in [0.1, 0.15) is 35.6 Å². The van der Waals surface area contributed by atoms with Crippen molar-refractivity contribution in [3.05, 3.63) is 77.5 Å². The van der Waals surface area contributed by atoms with E-state index < -0.39 is 18.1 Å². The summed E-state index contributed by atoms with van der Waals surface area (Å²) in [5.41, 5.74) is 2.63. The second-order valence-corrected chi connectivity index (χ2v) is 6.40. The molecular weight excluding hydrogens is 358 g/mol. The van der Waals surface area contributed by atoms with Crippen molar-refractivity contribution in [2.24, 2.45) is 0 Å². The molecule has 0 radical (unpaired) electrons. The minimum Gasteiger partial charge on any atom is -0.469 e. The van der Waals surface area contributed by atoms with Gasteiger partial charge in [0.2, 0.25) is 0 Å². The number of ether oxygens (including phenoxy) is 2. The zero-order valence-corrected chi connectivity index (χ0v) is 15.5. The van der Waals surface area contributed by atoms with Gasteiger partial charge in [0.05, 0.1) is 13.2 Å². The maximum atomic E-state index is 12.7. The van der Waals surface area contributed by atoms with Gasteiger partial charge in [-0.15, -0.1) is 0 Å². The van der Waals surface area contributed by atoms with Crippen molar-refractivity contribution >= 4 is 23.9 Å². The molecule has 2 aromatic rings. The van der Waals surface area contributed by atoms with Gasteiger partial charge in [-0.1, -0.05) is 54.6 Å². The molecule has 0 saturated carbocycles. The summed E-state index contributed by atoms with van der Waals surface area (Å²) >= 11 is 0. The van der Waals surface area contributed by atoms with E-state index in [1.165, 1.54) is 12.0 Å². The normalized spacial score (nSPS) is 14.9. The van der Waals surface area contributed by atoms with E-state index in [1.807, 2.05) is 54.6 Å². The Hall–Kier alpha value is -3.41. The number of Topliss-reactive ketones (excluding diaryl/α,β-unsaturated/α-hetero) is 1. The number of amides is 1. The molecule has 144 valence electrons. The van der Waals surface area contributed by atoms with E-state index in [1.54, 1.807) is 12.3 Å². The molecule has 3 rings (SSSR count). The van der Waals surface area contributed by atoms with E-state index in [2.05, 4.69) is 4.74 Å². The molecule has 0 spiro atoms. The van der Waals surface area contributed by atoms with Crippen LogP contribution < -0.4 is 0 Å². The van der Waals surface area contributed by atoms with Gasteiger partial charge in [-0.05, 0) is 22.8 Å². The van der Waals surface area contributed by atoms with Gasteiger partial charge < -0.3 is 9.47 Å². The van der Waals surface area contributed by atoms with Gasteiger partial charge in [0.1, 0.15) is 18.8 Å². The highest BCUT2D eigenvalue weighted by Gasteiger charge is 2.31. The summed E-state index contributed by atoms with van der Waals surface area (Å²) < 4.78 is 9.99. The van der Waals surface area contributed by atoms with E-state index in [0.29, 0.717) is 0 Å². The SMILES string of the molecule is COC(=O)CC(=O)CC1c2ccccc2C=CN1C(=O)OCc1ccccc1. The van der Waals surface area contributed by atoms with Crippen molar-refractivity contribution in [3.63, 3.8) is 0 Å². The van der Waals surface area contributed by atoms with Crippen molar-refractivity contribution in [2.75, 3.05) is 7.11 Å². The van der Waals surface area contributed by atoms with Crippen LogP contribution in [0.3, 0.4) is 0 Å². The van der Waals surface area contributed by atoms with Gasteiger partial charge in [0, 0.05) is 12.6 Å². The molecule has 6 heteroatoms. The highest BCUT2D eigenvalue weighted by atomic mass is 16.6. The monoisotopic (exact) mass is 379 g/mol. The van der Waals surface area contributed by atoms with Crippen molar-refractivity contribution in [2.45, 2.75) is 25.5 Å². The average molecular weight is 379 g/mol. The molecule has 1 amide bonds. The average Bonchev–Trinajstić information content (AvgIpc) is 2.72. The molecule has 0 bridgehead atoms. The number of carbonyl (C=O) groups excluding carboxylic acids is 3. The van der Waals surface area contributed by atoms with Gasteiger partial charge in [-0.25, -0.2) is 4.79 Å². The van der Waals surface area contributed by atoms with Crippen LogP contribution in [0.15, 0.2) is 60.8 Å². The lowest BCUT2D eigenvalue weighted by atomic mass is 9.92. The fraction of sp³-hybridized carbons (Fsp3) is 0.227. The molecule has 1 aliphatic rings. The molecule has 0 aromatic heterocycles. The number of nitrogens with zero attached hydrogens (tertiary/aromatic N) is 1. The highest BCUT2D eigenvalue weighted by molar-refractivity contribution is 5.96. The molecule has 28 heavy (non-hydrogen) atoms. The van der Waals surface area contributed by atoms with Crippen LogP contribution >= 0.6 is 0 Å². The van der Waals surface area contributed by atoms with Crippen LogP contribution in [0, 0.1) is 0 Å². The van der Waals surface area contributed by atoms with Crippen LogP contribution in [-0.2, 0) is 25.7 Å². The number of ketones is 1. The first-order valence-corrected chi connectivity index (χ1v) is 8.93. The number of methoxy groups -OCH3 is 1. The van der Waals surface area contributed by atoms with E-state index >= 15 is 0 Å². The predicted molar refractivity (Wildman–Crippen MR) is 103 cm³/mol. The highest BCUT2D eigenvalue weighted by Crippen LogP contribution is 2.33. The zero-order valence-electron chi connectivity index (χ0n) is 15.5. The van der Waals surface area contributed by atoms with E-state index in [9.17, 15) is 14.4 Å². The second-order valence-electron chi connectivity index (χ2n) is 6.40. The maximum Gasteiger partial charge on any atom is 0.414 e. The van der Waals surface area contributed by atoms with Crippen LogP contribution in [-0.4, -0.2) is 29.9 Å². The summed E-state index contributed by atoms with van der Waals surface area (Å²) in [4.78, 5) is 37.9. The smallest absolute Gasteiger partial charge is 0.414 e. The van der Waals surface area contributed by atoms with Crippen molar-refractivity contribution in [3.8, 4) is 0 Å². The molecule has 1 unspecified atom stereocenters. The van der Waals surface area contributed by atoms with Crippen LogP contribution in [0.5, 0.6) is 0 Å². The Morgan fingerprint density at radius 1 is 1.00 bits per heavy atom. The quantitative estimate of drug-likeness (QED) is 0.563. The summed E-state index contributed by atoms with van der Waals surface area (Å²) in [5, 5.41) is 0. The van der Waals surface area contributed by atoms with E-state index in [4.69, 9.17) is 4.74 Å². The Morgan fingerprint density at radius 2 is 1.71 bits per heavy atom. The second kappa shape index (κ2) is 8.99. The lowest BCUT2D eigenvalue weighted by Gasteiger charge is -2.32. The fourth-order valence-electron chi connectivity index (χ4n) is 3.09. The first kappa shape index (κ1) is 19.4. The van der Waals surface area contributed by atoms with Gasteiger partial charge in [0.15, 0.2) is 0 Å². The molecule has 1 heterocycles. The first-order chi connectivity index (χ1) is 13.6. The number of fused-ring (bicyclic) bond motifs is 1. The topological polar surface area (TPSA) is 72.9 Å². The van der Waals surface area contributed by atoms with Gasteiger partial charge >= 0.3 is 12.1 Å². The van der Waals surface area contributed by atoms with E-state index in [0.717, 1.165) is 16.7 Å². The Labute approximate surface area is 163 Å². The minimum absolute atomic E-state index is 0.00309. The molecular formula is C22H21NO5. The third-order valence-electron chi connectivity index (χ3n) is 4.51. The Morgan fingerprint density at radius 3 is 2.46 bits per heavy atom. The van der Waals surface area contributed by atoms with Gasteiger partial charge in [-0.2, -0.15) is 0 Å². The molecule has 1 atom stereocenters. The number of hydrogen-bond acceptors (Lipinski definition) is 5. The maximum absolute atomic E-state index is 12.7. The molecule has 1 aliphatic heterocycles. The number of hydrogen-bond donors (Lipinski definition) is 0. The van der Waals surface area contributed by atoms with Crippen LogP contribution in [0.25, 0.3) is 6.08 Å². The summed E-state index contributed by atoms with van der Waals surface area (Å²) in [6.45, 7) is 0.133. The molecule has 0 N–H and O–H groups in total. The first-order valence-electron chi connectivity index (χ1n) is 8.93. The third-order valence-corrected chi connectivity index (χ3v) is 4.51. The number of carbonyl (C=O) groups is 3. The van der Waals surface area contributed by atoms with Crippen LogP contribution in [0.4, 0.5) is 4.79 Å². The van der Waals surface area contributed by atoms with E-state index in [-0.39, 0.29) is 25.2 Å². The number of rotatable bonds is 6. The zero-order chi connectivity index (χ0) is 19.9. The standard InChI is InChI=1S/C22H21NO5/c1-27-21(25)14-18(24)13-20-19-10-6-5-9-17(19)11-12-23(20)22(26)28-15-16-7-3-2-4-8-16/h2-12,20H,13-15H2,1H3. The van der Waals surface area contributed by atoms with Crippen molar-refractivity contribution in [1.29, 1.82) is 0 Å². The number of benzene rings is 2. The Bertz CT molecular complexity index is 891. The molecule has 0 aliphatic carbocycles.